The molecule has 3 rings (SSSR count). The van der Waals surface area contributed by atoms with Crippen LogP contribution in [0.4, 0.5) is 17.2 Å². The second kappa shape index (κ2) is 8.36. The average Bonchev–Trinajstić information content (AvgIpc) is 2.67. The van der Waals surface area contributed by atoms with Crippen molar-refractivity contribution in [3.05, 3.63) is 83.6 Å². The number of nitrogens with zero attached hydrogens (tertiary/aromatic N) is 2. The Morgan fingerprint density at radius 2 is 1.81 bits per heavy atom. The van der Waals surface area contributed by atoms with E-state index in [9.17, 15) is 4.79 Å². The molecule has 0 spiro atoms. The van der Waals surface area contributed by atoms with Crippen LogP contribution in [0.1, 0.15) is 21.5 Å². The Morgan fingerprint density at radius 3 is 2.52 bits per heavy atom. The van der Waals surface area contributed by atoms with Crippen molar-refractivity contribution in [2.75, 3.05) is 24.3 Å². The Labute approximate surface area is 160 Å². The van der Waals surface area contributed by atoms with Gasteiger partial charge in [-0.25, -0.2) is 4.98 Å². The Kier molecular flexibility index (Phi) is 5.71. The molecule has 1 aromatic heterocycles. The summed E-state index contributed by atoms with van der Waals surface area (Å²) in [5.74, 6) is 0.515. The molecular formula is C22H24N4O. The first-order chi connectivity index (χ1) is 13.0. The molecule has 0 saturated heterocycles. The number of nitrogens with one attached hydrogen (secondary N) is 2. The van der Waals surface area contributed by atoms with Gasteiger partial charge in [0.1, 0.15) is 5.82 Å². The third kappa shape index (κ3) is 5.07. The number of anilines is 3. The maximum absolute atomic E-state index is 12.5. The van der Waals surface area contributed by atoms with E-state index in [0.717, 1.165) is 16.9 Å². The molecule has 2 aromatic carbocycles. The van der Waals surface area contributed by atoms with Gasteiger partial charge in [-0.2, -0.15) is 0 Å². The summed E-state index contributed by atoms with van der Waals surface area (Å²) in [6, 6.07) is 19.6. The number of hydrogen-bond acceptors (Lipinski definition) is 4. The first-order valence-electron chi connectivity index (χ1n) is 8.85. The molecule has 3 aromatic rings. The van der Waals surface area contributed by atoms with Crippen LogP contribution in [0.2, 0.25) is 0 Å². The minimum absolute atomic E-state index is 0.120. The van der Waals surface area contributed by atoms with Crippen LogP contribution in [0, 0.1) is 6.92 Å². The monoisotopic (exact) mass is 360 g/mol. The molecule has 0 atom stereocenters. The van der Waals surface area contributed by atoms with Gasteiger partial charge in [0.05, 0.1) is 0 Å². The fraction of sp³-hybridized carbons (Fsp3) is 0.182. The Morgan fingerprint density at radius 1 is 1.04 bits per heavy atom. The third-order valence-corrected chi connectivity index (χ3v) is 4.21. The van der Waals surface area contributed by atoms with Gasteiger partial charge in [0.2, 0.25) is 0 Å². The molecule has 0 fully saturated rings. The van der Waals surface area contributed by atoms with Gasteiger partial charge in [0.15, 0.2) is 0 Å². The van der Waals surface area contributed by atoms with Gasteiger partial charge < -0.3 is 15.5 Å². The fourth-order valence-corrected chi connectivity index (χ4v) is 2.74. The van der Waals surface area contributed by atoms with Crippen LogP contribution in [0.15, 0.2) is 66.9 Å². The van der Waals surface area contributed by atoms with E-state index < -0.39 is 0 Å². The molecule has 1 amide bonds. The lowest BCUT2D eigenvalue weighted by molar-refractivity contribution is 0.0951. The summed E-state index contributed by atoms with van der Waals surface area (Å²) >= 11 is 0. The predicted octanol–water partition coefficient (Wildman–Crippen LogP) is 4.13. The van der Waals surface area contributed by atoms with Crippen LogP contribution in [0.5, 0.6) is 0 Å². The van der Waals surface area contributed by atoms with E-state index in [-0.39, 0.29) is 5.91 Å². The predicted molar refractivity (Wildman–Crippen MR) is 111 cm³/mol. The molecule has 5 nitrogen and oxygen atoms in total. The number of carbonyl (C=O) groups excluding carboxylic acids is 1. The summed E-state index contributed by atoms with van der Waals surface area (Å²) in [4.78, 5) is 18.8. The third-order valence-electron chi connectivity index (χ3n) is 4.21. The van der Waals surface area contributed by atoms with Crippen LogP contribution in [-0.2, 0) is 6.54 Å². The first-order valence-corrected chi connectivity index (χ1v) is 8.85. The second-order valence-electron chi connectivity index (χ2n) is 6.67. The zero-order chi connectivity index (χ0) is 19.2. The molecular weight excluding hydrogens is 336 g/mol. The molecule has 0 aliphatic carbocycles. The van der Waals surface area contributed by atoms with E-state index in [1.165, 1.54) is 5.56 Å². The molecule has 27 heavy (non-hydrogen) atoms. The summed E-state index contributed by atoms with van der Waals surface area (Å²) in [7, 11) is 4.01. The van der Waals surface area contributed by atoms with Crippen LogP contribution in [0.3, 0.4) is 0 Å². The van der Waals surface area contributed by atoms with Crippen molar-refractivity contribution >= 4 is 23.1 Å². The number of aromatic nitrogens is 1. The molecule has 0 saturated carbocycles. The highest BCUT2D eigenvalue weighted by Crippen LogP contribution is 2.19. The molecule has 0 radical (unpaired) electrons. The van der Waals surface area contributed by atoms with Gasteiger partial charge in [-0.05, 0) is 48.9 Å². The van der Waals surface area contributed by atoms with Crippen molar-refractivity contribution in [2.24, 2.45) is 0 Å². The summed E-state index contributed by atoms with van der Waals surface area (Å²) in [6.07, 6.45) is 1.64. The lowest BCUT2D eigenvalue weighted by Gasteiger charge is -2.13. The number of aryl methyl sites for hydroxylation is 1. The SMILES string of the molecule is Cc1cccc(CNC(=O)c2ccnc(Nc3ccc(N(C)C)cc3)c2)c1. The first kappa shape index (κ1) is 18.5. The van der Waals surface area contributed by atoms with Crippen molar-refractivity contribution < 1.29 is 4.79 Å². The molecule has 0 bridgehead atoms. The second-order valence-corrected chi connectivity index (χ2v) is 6.67. The molecule has 138 valence electrons. The maximum atomic E-state index is 12.5. The van der Waals surface area contributed by atoms with Crippen LogP contribution in [-0.4, -0.2) is 25.0 Å². The van der Waals surface area contributed by atoms with E-state index in [1.54, 1.807) is 18.3 Å². The van der Waals surface area contributed by atoms with Gasteiger partial charge >= 0.3 is 0 Å². The van der Waals surface area contributed by atoms with Crippen LogP contribution in [0.25, 0.3) is 0 Å². The van der Waals surface area contributed by atoms with E-state index >= 15 is 0 Å². The summed E-state index contributed by atoms with van der Waals surface area (Å²) in [5, 5.41) is 6.19. The molecule has 2 N–H and O–H groups in total. The summed E-state index contributed by atoms with van der Waals surface area (Å²) < 4.78 is 0. The standard InChI is InChI=1S/C22H24N4O/c1-16-5-4-6-17(13-16)15-24-22(27)18-11-12-23-21(14-18)25-19-7-9-20(10-8-19)26(2)3/h4-14H,15H2,1-3H3,(H,23,25)(H,24,27). The number of pyridine rings is 1. The van der Waals surface area contributed by atoms with Gasteiger partial charge in [-0.15, -0.1) is 0 Å². The Balaban J connectivity index is 1.64. The van der Waals surface area contributed by atoms with Crippen molar-refractivity contribution in [3.8, 4) is 0 Å². The molecule has 0 aliphatic rings. The highest BCUT2D eigenvalue weighted by atomic mass is 16.1. The van der Waals surface area contributed by atoms with Crippen molar-refractivity contribution in [3.63, 3.8) is 0 Å². The van der Waals surface area contributed by atoms with Gasteiger partial charge in [-0.3, -0.25) is 4.79 Å². The van der Waals surface area contributed by atoms with Crippen molar-refractivity contribution in [1.82, 2.24) is 10.3 Å². The van der Waals surface area contributed by atoms with Gasteiger partial charge in [-0.1, -0.05) is 29.8 Å². The fourth-order valence-electron chi connectivity index (χ4n) is 2.74. The summed E-state index contributed by atoms with van der Waals surface area (Å²) in [6.45, 7) is 2.54. The Hall–Kier alpha value is -3.34. The zero-order valence-corrected chi connectivity index (χ0v) is 15.9. The minimum Gasteiger partial charge on any atom is -0.378 e. The lowest BCUT2D eigenvalue weighted by atomic mass is 10.1. The molecule has 0 unspecified atom stereocenters. The van der Waals surface area contributed by atoms with Gasteiger partial charge in [0.25, 0.3) is 5.91 Å². The maximum Gasteiger partial charge on any atom is 0.251 e. The van der Waals surface area contributed by atoms with E-state index in [0.29, 0.717) is 17.9 Å². The highest BCUT2D eigenvalue weighted by molar-refractivity contribution is 5.94. The number of hydrogen-bond donors (Lipinski definition) is 2. The molecule has 0 aliphatic heterocycles. The van der Waals surface area contributed by atoms with Crippen molar-refractivity contribution in [1.29, 1.82) is 0 Å². The molecule has 5 heteroatoms. The highest BCUT2D eigenvalue weighted by Gasteiger charge is 2.07. The normalized spacial score (nSPS) is 10.3. The smallest absolute Gasteiger partial charge is 0.251 e. The zero-order valence-electron chi connectivity index (χ0n) is 15.9. The van der Waals surface area contributed by atoms with E-state index in [4.69, 9.17) is 0 Å². The van der Waals surface area contributed by atoms with Crippen LogP contribution < -0.4 is 15.5 Å². The Bertz CT molecular complexity index is 920. The van der Waals surface area contributed by atoms with E-state index in [2.05, 4.69) is 21.7 Å². The molecule has 1 heterocycles. The summed E-state index contributed by atoms with van der Waals surface area (Å²) in [5.41, 5.74) is 4.88. The number of benzene rings is 2. The number of carbonyl (C=O) groups is 1. The quantitative estimate of drug-likeness (QED) is 0.694. The average molecular weight is 360 g/mol. The number of amides is 1. The topological polar surface area (TPSA) is 57.3 Å². The largest absolute Gasteiger partial charge is 0.378 e. The van der Waals surface area contributed by atoms with Crippen LogP contribution >= 0.6 is 0 Å². The van der Waals surface area contributed by atoms with Gasteiger partial charge in [0, 0.05) is 43.8 Å². The van der Waals surface area contributed by atoms with E-state index in [1.807, 2.05) is 68.4 Å². The minimum atomic E-state index is -0.120. The van der Waals surface area contributed by atoms with Crippen molar-refractivity contribution in [2.45, 2.75) is 13.5 Å². The lowest BCUT2D eigenvalue weighted by Crippen LogP contribution is -2.22. The number of rotatable bonds is 6.